The van der Waals surface area contributed by atoms with E-state index in [2.05, 4.69) is 20.4 Å². The molecule has 0 saturated heterocycles. The molecule has 0 aliphatic rings. The normalized spacial score (nSPS) is 10.4. The third kappa shape index (κ3) is 2.14. The van der Waals surface area contributed by atoms with Crippen LogP contribution in [0.3, 0.4) is 0 Å². The lowest BCUT2D eigenvalue weighted by Gasteiger charge is -2.09. The molecule has 2 rings (SSSR count). The van der Waals surface area contributed by atoms with Crippen LogP contribution in [0, 0.1) is 12.7 Å². The third-order valence-electron chi connectivity index (χ3n) is 2.64. The van der Waals surface area contributed by atoms with Gasteiger partial charge in [-0.05, 0) is 25.0 Å². The standard InChI is InChI=1S/C12H14FN5/c1-3-8-5-4-6-15-10(8)12-16-7(2)9(13)11(17-12)18-14/h4-6H,3,14H2,1-2H3,(H,16,17,18). The van der Waals surface area contributed by atoms with Crippen LogP contribution in [-0.2, 0) is 6.42 Å². The largest absolute Gasteiger partial charge is 0.306 e. The Balaban J connectivity index is 2.61. The summed E-state index contributed by atoms with van der Waals surface area (Å²) in [7, 11) is 0. The topological polar surface area (TPSA) is 76.7 Å². The lowest BCUT2D eigenvalue weighted by atomic mass is 10.1. The predicted octanol–water partition coefficient (Wildman–Crippen LogP) is 1.83. The fraction of sp³-hybridized carbons (Fsp3) is 0.250. The van der Waals surface area contributed by atoms with Gasteiger partial charge in [0.2, 0.25) is 0 Å². The van der Waals surface area contributed by atoms with Crippen molar-refractivity contribution in [3.63, 3.8) is 0 Å². The number of pyridine rings is 1. The highest BCUT2D eigenvalue weighted by Gasteiger charge is 2.14. The molecule has 0 fully saturated rings. The number of nitrogens with one attached hydrogen (secondary N) is 1. The molecule has 0 spiro atoms. The molecule has 0 saturated carbocycles. The number of hydrogen-bond acceptors (Lipinski definition) is 5. The number of hydrogen-bond donors (Lipinski definition) is 2. The van der Waals surface area contributed by atoms with Crippen LogP contribution in [0.25, 0.3) is 11.5 Å². The van der Waals surface area contributed by atoms with Crippen molar-refractivity contribution in [2.75, 3.05) is 5.43 Å². The fourth-order valence-corrected chi connectivity index (χ4v) is 1.69. The molecule has 94 valence electrons. The first-order valence-corrected chi connectivity index (χ1v) is 5.62. The van der Waals surface area contributed by atoms with Gasteiger partial charge in [-0.25, -0.2) is 20.2 Å². The van der Waals surface area contributed by atoms with Crippen LogP contribution < -0.4 is 11.3 Å². The van der Waals surface area contributed by atoms with Gasteiger partial charge < -0.3 is 5.43 Å². The van der Waals surface area contributed by atoms with E-state index in [0.29, 0.717) is 11.5 Å². The first kappa shape index (κ1) is 12.4. The van der Waals surface area contributed by atoms with Crippen molar-refractivity contribution in [2.24, 2.45) is 5.84 Å². The zero-order chi connectivity index (χ0) is 13.1. The zero-order valence-corrected chi connectivity index (χ0v) is 10.2. The minimum Gasteiger partial charge on any atom is -0.306 e. The maximum absolute atomic E-state index is 13.6. The van der Waals surface area contributed by atoms with Crippen molar-refractivity contribution < 1.29 is 4.39 Å². The van der Waals surface area contributed by atoms with Gasteiger partial charge in [-0.1, -0.05) is 13.0 Å². The van der Waals surface area contributed by atoms with Gasteiger partial charge in [-0.2, -0.15) is 0 Å². The summed E-state index contributed by atoms with van der Waals surface area (Å²) in [6.07, 6.45) is 2.46. The summed E-state index contributed by atoms with van der Waals surface area (Å²) in [6, 6.07) is 3.79. The van der Waals surface area contributed by atoms with Crippen LogP contribution in [0.1, 0.15) is 18.2 Å². The minimum atomic E-state index is -0.546. The summed E-state index contributed by atoms with van der Waals surface area (Å²) in [5.41, 5.74) is 4.12. The Labute approximate surface area is 104 Å². The van der Waals surface area contributed by atoms with Gasteiger partial charge >= 0.3 is 0 Å². The van der Waals surface area contributed by atoms with Crippen molar-refractivity contribution in [1.29, 1.82) is 0 Å². The maximum atomic E-state index is 13.6. The van der Waals surface area contributed by atoms with E-state index in [1.807, 2.05) is 19.1 Å². The average molecular weight is 247 g/mol. The molecule has 18 heavy (non-hydrogen) atoms. The monoisotopic (exact) mass is 247 g/mol. The van der Waals surface area contributed by atoms with E-state index in [1.54, 1.807) is 13.1 Å². The van der Waals surface area contributed by atoms with E-state index >= 15 is 0 Å². The summed E-state index contributed by atoms with van der Waals surface area (Å²) in [4.78, 5) is 12.4. The summed E-state index contributed by atoms with van der Waals surface area (Å²) in [5.74, 6) is 5.04. The number of rotatable bonds is 3. The van der Waals surface area contributed by atoms with E-state index < -0.39 is 5.82 Å². The number of halogens is 1. The van der Waals surface area contributed by atoms with Gasteiger partial charge in [0.25, 0.3) is 0 Å². The second kappa shape index (κ2) is 5.05. The quantitative estimate of drug-likeness (QED) is 0.639. The number of nitrogens with zero attached hydrogens (tertiary/aromatic N) is 3. The summed E-state index contributed by atoms with van der Waals surface area (Å²) >= 11 is 0. The van der Waals surface area contributed by atoms with Gasteiger partial charge in [-0.15, -0.1) is 0 Å². The molecular weight excluding hydrogens is 233 g/mol. The molecule has 0 aliphatic carbocycles. The van der Waals surface area contributed by atoms with E-state index in [9.17, 15) is 4.39 Å². The molecule has 2 aromatic rings. The number of nitrogen functional groups attached to an aromatic ring is 1. The number of aromatic nitrogens is 3. The highest BCUT2D eigenvalue weighted by Crippen LogP contribution is 2.22. The zero-order valence-electron chi connectivity index (χ0n) is 10.2. The summed E-state index contributed by atoms with van der Waals surface area (Å²) < 4.78 is 13.6. The number of hydrazine groups is 1. The Hall–Kier alpha value is -2.08. The van der Waals surface area contributed by atoms with Crippen molar-refractivity contribution >= 4 is 5.82 Å². The van der Waals surface area contributed by atoms with Crippen molar-refractivity contribution in [3.8, 4) is 11.5 Å². The molecular formula is C12H14FN5. The Morgan fingerprint density at radius 2 is 2.17 bits per heavy atom. The minimum absolute atomic E-state index is 0.0230. The van der Waals surface area contributed by atoms with Crippen LogP contribution in [0.15, 0.2) is 18.3 Å². The molecule has 0 bridgehead atoms. The highest BCUT2D eigenvalue weighted by atomic mass is 19.1. The van der Waals surface area contributed by atoms with Gasteiger partial charge in [0.15, 0.2) is 17.5 Å². The molecule has 6 heteroatoms. The molecule has 0 amide bonds. The van der Waals surface area contributed by atoms with E-state index in [-0.39, 0.29) is 11.5 Å². The van der Waals surface area contributed by atoms with Crippen molar-refractivity contribution in [2.45, 2.75) is 20.3 Å². The molecule has 0 atom stereocenters. The molecule has 0 aromatic carbocycles. The second-order valence-corrected chi connectivity index (χ2v) is 3.80. The molecule has 0 radical (unpaired) electrons. The Kier molecular flexibility index (Phi) is 3.47. The fourth-order valence-electron chi connectivity index (χ4n) is 1.69. The van der Waals surface area contributed by atoms with Gasteiger partial charge in [-0.3, -0.25) is 4.98 Å². The Morgan fingerprint density at radius 3 is 2.83 bits per heavy atom. The first-order chi connectivity index (χ1) is 8.67. The number of aryl methyl sites for hydroxylation is 2. The van der Waals surface area contributed by atoms with Crippen molar-refractivity contribution in [3.05, 3.63) is 35.4 Å². The lowest BCUT2D eigenvalue weighted by molar-refractivity contribution is 0.606. The second-order valence-electron chi connectivity index (χ2n) is 3.80. The smallest absolute Gasteiger partial charge is 0.187 e. The highest BCUT2D eigenvalue weighted by molar-refractivity contribution is 5.57. The molecule has 2 aromatic heterocycles. The molecule has 2 heterocycles. The van der Waals surface area contributed by atoms with Gasteiger partial charge in [0.05, 0.1) is 5.69 Å². The summed E-state index contributed by atoms with van der Waals surface area (Å²) in [5, 5.41) is 0. The average Bonchev–Trinajstić information content (AvgIpc) is 2.41. The van der Waals surface area contributed by atoms with Crippen LogP contribution in [0.2, 0.25) is 0 Å². The lowest BCUT2D eigenvalue weighted by Crippen LogP contribution is -2.13. The molecule has 0 aliphatic heterocycles. The van der Waals surface area contributed by atoms with Crippen LogP contribution in [-0.4, -0.2) is 15.0 Å². The van der Waals surface area contributed by atoms with Crippen molar-refractivity contribution in [1.82, 2.24) is 15.0 Å². The molecule has 3 N–H and O–H groups in total. The molecule has 0 unspecified atom stereocenters. The Morgan fingerprint density at radius 1 is 1.39 bits per heavy atom. The predicted molar refractivity (Wildman–Crippen MR) is 67.1 cm³/mol. The van der Waals surface area contributed by atoms with Crippen LogP contribution in [0.5, 0.6) is 0 Å². The van der Waals surface area contributed by atoms with Crippen LogP contribution >= 0.6 is 0 Å². The van der Waals surface area contributed by atoms with E-state index in [1.165, 1.54) is 0 Å². The first-order valence-electron chi connectivity index (χ1n) is 5.62. The van der Waals surface area contributed by atoms with E-state index in [0.717, 1.165) is 12.0 Å². The van der Waals surface area contributed by atoms with Gasteiger partial charge in [0, 0.05) is 6.20 Å². The Bertz CT molecular complexity index is 570. The third-order valence-corrected chi connectivity index (χ3v) is 2.64. The SMILES string of the molecule is CCc1cccnc1-c1nc(C)c(F)c(NN)n1. The number of anilines is 1. The van der Waals surface area contributed by atoms with E-state index in [4.69, 9.17) is 5.84 Å². The van der Waals surface area contributed by atoms with Gasteiger partial charge in [0.1, 0.15) is 5.69 Å². The number of nitrogens with two attached hydrogens (primary N) is 1. The maximum Gasteiger partial charge on any atom is 0.187 e. The van der Waals surface area contributed by atoms with Crippen LogP contribution in [0.4, 0.5) is 10.2 Å². The summed E-state index contributed by atoms with van der Waals surface area (Å²) in [6.45, 7) is 3.58. The molecule has 5 nitrogen and oxygen atoms in total.